The van der Waals surface area contributed by atoms with Crippen LogP contribution in [0.5, 0.6) is 0 Å². The Hall–Kier alpha value is 0.01000. The molecule has 2 N–H and O–H groups in total. The first-order valence-electron chi connectivity index (χ1n) is 5.55. The highest BCUT2D eigenvalue weighted by atomic mass is 35.5. The molecule has 0 aromatic heterocycles. The number of rotatable bonds is 6. The van der Waals surface area contributed by atoms with Crippen molar-refractivity contribution in [2.45, 2.75) is 25.8 Å². The summed E-state index contributed by atoms with van der Waals surface area (Å²) in [4.78, 5) is 0. The summed E-state index contributed by atoms with van der Waals surface area (Å²) in [5, 5.41) is 13.4. The fourth-order valence-corrected chi connectivity index (χ4v) is 2.25. The van der Waals surface area contributed by atoms with E-state index in [1.54, 1.807) is 6.07 Å². The van der Waals surface area contributed by atoms with Crippen LogP contribution in [0.3, 0.4) is 0 Å². The Labute approximate surface area is 117 Å². The van der Waals surface area contributed by atoms with Crippen LogP contribution in [0, 0.1) is 0 Å². The van der Waals surface area contributed by atoms with Crippen molar-refractivity contribution in [3.05, 3.63) is 32.8 Å². The number of unbranched alkanes of at least 4 members (excludes halogenated alkanes) is 1. The van der Waals surface area contributed by atoms with Gasteiger partial charge >= 0.3 is 0 Å². The number of aliphatic hydroxyl groups is 1. The first kappa shape index (κ1) is 15.1. The van der Waals surface area contributed by atoms with Gasteiger partial charge in [0.05, 0.1) is 15.1 Å². The largest absolute Gasteiger partial charge is 0.396 e. The van der Waals surface area contributed by atoms with Crippen molar-refractivity contribution in [1.29, 1.82) is 0 Å². The Morgan fingerprint density at radius 3 is 2.53 bits per heavy atom. The number of hydrogen-bond acceptors (Lipinski definition) is 2. The average Bonchev–Trinajstić information content (AvgIpc) is 2.31. The maximum absolute atomic E-state index is 8.68. The zero-order chi connectivity index (χ0) is 12.8. The van der Waals surface area contributed by atoms with Crippen molar-refractivity contribution in [1.82, 2.24) is 5.32 Å². The fourth-order valence-electron chi connectivity index (χ4n) is 1.54. The van der Waals surface area contributed by atoms with Crippen LogP contribution in [0.15, 0.2) is 12.1 Å². The van der Waals surface area contributed by atoms with Crippen LogP contribution in [-0.2, 0) is 0 Å². The van der Waals surface area contributed by atoms with Crippen molar-refractivity contribution < 1.29 is 5.11 Å². The minimum absolute atomic E-state index is 0.107. The quantitative estimate of drug-likeness (QED) is 0.612. The van der Waals surface area contributed by atoms with Crippen LogP contribution in [0.25, 0.3) is 0 Å². The maximum atomic E-state index is 8.68. The van der Waals surface area contributed by atoms with Crippen LogP contribution in [-0.4, -0.2) is 18.3 Å². The van der Waals surface area contributed by atoms with E-state index in [0.717, 1.165) is 24.9 Å². The third kappa shape index (κ3) is 4.31. The number of halogens is 3. The van der Waals surface area contributed by atoms with Gasteiger partial charge in [0.2, 0.25) is 0 Å². The van der Waals surface area contributed by atoms with Gasteiger partial charge in [0.25, 0.3) is 0 Å². The van der Waals surface area contributed by atoms with Crippen LogP contribution in [0.1, 0.15) is 31.4 Å². The van der Waals surface area contributed by atoms with Crippen molar-refractivity contribution in [3.63, 3.8) is 0 Å². The highest BCUT2D eigenvalue weighted by Gasteiger charge is 2.13. The number of hydrogen-bond donors (Lipinski definition) is 2. The highest BCUT2D eigenvalue weighted by Crippen LogP contribution is 2.35. The lowest BCUT2D eigenvalue weighted by Gasteiger charge is -2.16. The van der Waals surface area contributed by atoms with Crippen molar-refractivity contribution >= 4 is 34.8 Å². The van der Waals surface area contributed by atoms with Crippen LogP contribution < -0.4 is 5.32 Å². The van der Waals surface area contributed by atoms with Crippen molar-refractivity contribution in [3.8, 4) is 0 Å². The monoisotopic (exact) mass is 295 g/mol. The Balaban J connectivity index is 2.63. The molecular weight excluding hydrogens is 280 g/mol. The second-order valence-corrected chi connectivity index (χ2v) is 5.03. The number of aliphatic hydroxyl groups excluding tert-OH is 1. The van der Waals surface area contributed by atoms with Gasteiger partial charge in [0.1, 0.15) is 0 Å². The van der Waals surface area contributed by atoms with Gasteiger partial charge < -0.3 is 10.4 Å². The molecule has 0 bridgehead atoms. The molecule has 1 atom stereocenters. The van der Waals surface area contributed by atoms with E-state index in [4.69, 9.17) is 39.9 Å². The van der Waals surface area contributed by atoms with Crippen LogP contribution in [0.2, 0.25) is 15.1 Å². The molecule has 17 heavy (non-hydrogen) atoms. The predicted molar refractivity (Wildman–Crippen MR) is 74.2 cm³/mol. The van der Waals surface area contributed by atoms with Gasteiger partial charge in [-0.2, -0.15) is 0 Å². The minimum Gasteiger partial charge on any atom is -0.396 e. The molecule has 2 nitrogen and oxygen atoms in total. The molecule has 1 rings (SSSR count). The second-order valence-electron chi connectivity index (χ2n) is 3.87. The molecule has 1 unspecified atom stereocenters. The Kier molecular flexibility index (Phi) is 6.60. The molecule has 0 fully saturated rings. The molecule has 0 aliphatic heterocycles. The number of benzene rings is 1. The molecular formula is C12H16Cl3NO. The van der Waals surface area contributed by atoms with Gasteiger partial charge in [-0.05, 0) is 37.9 Å². The summed E-state index contributed by atoms with van der Waals surface area (Å²) in [7, 11) is 0. The fraction of sp³-hybridized carbons (Fsp3) is 0.500. The maximum Gasteiger partial charge on any atom is 0.0781 e. The molecule has 0 radical (unpaired) electrons. The molecule has 5 heteroatoms. The summed E-state index contributed by atoms with van der Waals surface area (Å²) >= 11 is 18.0. The van der Waals surface area contributed by atoms with E-state index in [1.807, 2.05) is 13.0 Å². The first-order valence-corrected chi connectivity index (χ1v) is 6.69. The molecule has 0 saturated carbocycles. The van der Waals surface area contributed by atoms with Crippen LogP contribution in [0.4, 0.5) is 0 Å². The van der Waals surface area contributed by atoms with E-state index in [1.165, 1.54) is 0 Å². The van der Waals surface area contributed by atoms with E-state index in [2.05, 4.69) is 5.32 Å². The van der Waals surface area contributed by atoms with E-state index < -0.39 is 0 Å². The molecule has 0 spiro atoms. The smallest absolute Gasteiger partial charge is 0.0781 e. The Bertz CT molecular complexity index is 371. The van der Waals surface area contributed by atoms with E-state index in [-0.39, 0.29) is 12.6 Å². The van der Waals surface area contributed by atoms with Crippen molar-refractivity contribution in [2.24, 2.45) is 0 Å². The molecule has 0 saturated heterocycles. The minimum atomic E-state index is 0.107. The summed E-state index contributed by atoms with van der Waals surface area (Å²) in [6.45, 7) is 3.08. The molecule has 1 aromatic rings. The normalized spacial score (nSPS) is 12.8. The lowest BCUT2D eigenvalue weighted by atomic mass is 10.1. The van der Waals surface area contributed by atoms with Gasteiger partial charge in [-0.25, -0.2) is 0 Å². The van der Waals surface area contributed by atoms with Crippen LogP contribution >= 0.6 is 34.8 Å². The first-order chi connectivity index (χ1) is 8.07. The molecule has 0 aliphatic rings. The average molecular weight is 297 g/mol. The summed E-state index contributed by atoms with van der Waals surface area (Å²) in [5.41, 5.74) is 0.935. The molecule has 1 aromatic carbocycles. The van der Waals surface area contributed by atoms with Gasteiger partial charge in [-0.15, -0.1) is 0 Å². The standard InChI is InChI=1S/C12H16Cl3NO/c1-8(16-6-2-3-7-17)9-4-5-10(13)12(15)11(9)14/h4-5,8,16-17H,2-3,6-7H2,1H3. The summed E-state index contributed by atoms with van der Waals surface area (Å²) in [6, 6.07) is 3.73. The van der Waals surface area contributed by atoms with E-state index in [9.17, 15) is 0 Å². The summed E-state index contributed by atoms with van der Waals surface area (Å²) < 4.78 is 0. The summed E-state index contributed by atoms with van der Waals surface area (Å²) in [6.07, 6.45) is 1.73. The molecule has 0 heterocycles. The van der Waals surface area contributed by atoms with E-state index >= 15 is 0 Å². The molecule has 96 valence electrons. The zero-order valence-corrected chi connectivity index (χ0v) is 11.9. The van der Waals surface area contributed by atoms with Gasteiger partial charge in [-0.3, -0.25) is 0 Å². The molecule has 0 amide bonds. The van der Waals surface area contributed by atoms with Crippen molar-refractivity contribution in [2.75, 3.05) is 13.2 Å². The SMILES string of the molecule is CC(NCCCCO)c1ccc(Cl)c(Cl)c1Cl. The topological polar surface area (TPSA) is 32.3 Å². The third-order valence-electron chi connectivity index (χ3n) is 2.57. The van der Waals surface area contributed by atoms with Gasteiger partial charge in [0.15, 0.2) is 0 Å². The lowest BCUT2D eigenvalue weighted by molar-refractivity contribution is 0.283. The summed E-state index contributed by atoms with van der Waals surface area (Å²) in [5.74, 6) is 0. The van der Waals surface area contributed by atoms with Gasteiger partial charge in [0, 0.05) is 12.6 Å². The highest BCUT2D eigenvalue weighted by molar-refractivity contribution is 6.48. The van der Waals surface area contributed by atoms with E-state index in [0.29, 0.717) is 15.1 Å². The third-order valence-corrected chi connectivity index (χ3v) is 3.88. The lowest BCUT2D eigenvalue weighted by Crippen LogP contribution is -2.20. The zero-order valence-electron chi connectivity index (χ0n) is 9.64. The van der Waals surface area contributed by atoms with Gasteiger partial charge in [-0.1, -0.05) is 40.9 Å². The second kappa shape index (κ2) is 7.45. The number of nitrogens with one attached hydrogen (secondary N) is 1. The Morgan fingerprint density at radius 2 is 1.88 bits per heavy atom. The molecule has 0 aliphatic carbocycles. The predicted octanol–water partition coefficient (Wildman–Crippen LogP) is 4.07. The Morgan fingerprint density at radius 1 is 1.18 bits per heavy atom.